The first-order chi connectivity index (χ1) is 37.4. The molecule has 17 nitrogen and oxygen atoms in total. The summed E-state index contributed by atoms with van der Waals surface area (Å²) in [6.45, 7) is 21.4. The van der Waals surface area contributed by atoms with Crippen LogP contribution in [0.4, 0.5) is 44.5 Å². The molecule has 1 aliphatic carbocycles. The molecule has 0 unspecified atom stereocenters. The zero-order valence-corrected chi connectivity index (χ0v) is 47.5. The SMILES string of the molecule is CCc1c(-c2cc(Nc3ccc(N4CCN(C5COC5)CC4(C)C)cn3)c(=O)n(C)c2)cc(F)cc1N1CCn2c(cc3c2CCCC3)C1=O.Cn1cc(Br)cc(Nc2ccc(N3CCN(C4COC4)CC3(C)C)cn2)c1=O. The van der Waals surface area contributed by atoms with Crippen molar-refractivity contribution >= 4 is 61.9 Å². The van der Waals surface area contributed by atoms with E-state index in [1.54, 1.807) is 43.5 Å². The van der Waals surface area contributed by atoms with Crippen LogP contribution in [0.15, 0.2) is 93.4 Å². The van der Waals surface area contributed by atoms with Gasteiger partial charge in [0.05, 0.1) is 68.0 Å². The number of hydrogen-bond donors (Lipinski definition) is 2. The minimum absolute atomic E-state index is 0.0186. The maximum Gasteiger partial charge on any atom is 0.274 e. The van der Waals surface area contributed by atoms with Crippen molar-refractivity contribution in [3.63, 3.8) is 0 Å². The van der Waals surface area contributed by atoms with Crippen molar-refractivity contribution in [3.8, 4) is 11.1 Å². The molecule has 0 radical (unpaired) electrons. The lowest BCUT2D eigenvalue weighted by Crippen LogP contribution is -2.64. The molecule has 2 N–H and O–H groups in total. The van der Waals surface area contributed by atoms with Gasteiger partial charge in [-0.05, 0) is 147 Å². The van der Waals surface area contributed by atoms with Gasteiger partial charge < -0.3 is 48.5 Å². The van der Waals surface area contributed by atoms with E-state index in [9.17, 15) is 14.4 Å². The second kappa shape index (κ2) is 21.7. The van der Waals surface area contributed by atoms with Crippen LogP contribution in [0, 0.1) is 5.82 Å². The molecule has 10 heterocycles. The highest BCUT2D eigenvalue weighted by Crippen LogP contribution is 2.38. The number of nitrogens with one attached hydrogen (secondary N) is 2. The molecule has 5 aliphatic heterocycles. The number of anilines is 7. The van der Waals surface area contributed by atoms with Crippen molar-refractivity contribution in [2.45, 2.75) is 96.4 Å². The third-order valence-electron chi connectivity index (χ3n) is 16.7. The second-order valence-electron chi connectivity index (χ2n) is 23.0. The van der Waals surface area contributed by atoms with Crippen LogP contribution in [0.5, 0.6) is 0 Å². The molecule has 0 bridgehead atoms. The maximum atomic E-state index is 15.5. The van der Waals surface area contributed by atoms with Gasteiger partial charge in [0.1, 0.15) is 34.5 Å². The molecule has 0 spiro atoms. The van der Waals surface area contributed by atoms with E-state index in [1.807, 2.05) is 43.6 Å². The van der Waals surface area contributed by atoms with E-state index in [4.69, 9.17) is 14.5 Å². The summed E-state index contributed by atoms with van der Waals surface area (Å²) in [5.41, 5.74) is 8.65. The predicted molar refractivity (Wildman–Crippen MR) is 309 cm³/mol. The highest BCUT2D eigenvalue weighted by atomic mass is 79.9. The van der Waals surface area contributed by atoms with E-state index < -0.39 is 5.82 Å². The van der Waals surface area contributed by atoms with Gasteiger partial charge in [0.2, 0.25) is 0 Å². The van der Waals surface area contributed by atoms with Gasteiger partial charge in [-0.3, -0.25) is 24.2 Å². The third-order valence-corrected chi connectivity index (χ3v) is 17.1. The lowest BCUT2D eigenvalue weighted by molar-refractivity contribution is -0.0741. The monoisotopic (exact) mass is 1130 g/mol. The molecule has 0 saturated carbocycles. The first-order valence-electron chi connectivity index (χ1n) is 27.5. The first kappa shape index (κ1) is 53.6. The molecule has 19 heteroatoms. The summed E-state index contributed by atoms with van der Waals surface area (Å²) in [5, 5.41) is 6.36. The number of benzene rings is 1. The molecule has 6 aliphatic rings. The van der Waals surface area contributed by atoms with E-state index in [0.717, 1.165) is 113 Å². The Kier molecular flexibility index (Phi) is 14.9. The van der Waals surface area contributed by atoms with Gasteiger partial charge in [0.25, 0.3) is 17.0 Å². The Balaban J connectivity index is 0.000000195. The molecule has 412 valence electrons. The Morgan fingerprint density at radius 1 is 0.692 bits per heavy atom. The number of fused-ring (bicyclic) bond motifs is 3. The maximum absolute atomic E-state index is 15.5. The largest absolute Gasteiger partial charge is 0.378 e. The van der Waals surface area contributed by atoms with Crippen molar-refractivity contribution in [3.05, 3.63) is 133 Å². The Bertz CT molecular complexity index is 3330. The fourth-order valence-corrected chi connectivity index (χ4v) is 13.0. The van der Waals surface area contributed by atoms with Gasteiger partial charge in [-0.2, -0.15) is 0 Å². The Hall–Kier alpha value is -6.38. The minimum Gasteiger partial charge on any atom is -0.378 e. The van der Waals surface area contributed by atoms with Crippen LogP contribution in [-0.4, -0.2) is 135 Å². The summed E-state index contributed by atoms with van der Waals surface area (Å²) in [6, 6.07) is 17.6. The van der Waals surface area contributed by atoms with Gasteiger partial charge in [-0.15, -0.1) is 0 Å². The topological polar surface area (TPSA) is 150 Å². The molecule has 78 heavy (non-hydrogen) atoms. The molecule has 4 fully saturated rings. The van der Waals surface area contributed by atoms with Crippen LogP contribution in [-0.2, 0) is 49.4 Å². The van der Waals surface area contributed by atoms with Crippen LogP contribution in [0.2, 0.25) is 0 Å². The second-order valence-corrected chi connectivity index (χ2v) is 23.9. The fraction of sp³-hybridized carbons (Fsp3) is 0.475. The van der Waals surface area contributed by atoms with Gasteiger partial charge in [-0.1, -0.05) is 6.92 Å². The molecular formula is C59H72BrFN12O5. The number of carbonyl (C=O) groups excluding carboxylic acids is 1. The zero-order chi connectivity index (χ0) is 54.6. The summed E-state index contributed by atoms with van der Waals surface area (Å²) < 4.78 is 32.3. The Morgan fingerprint density at radius 3 is 1.78 bits per heavy atom. The standard InChI is InChI=1S/C39H46FN7O3.C20H26BrN5O2/c1-5-30-31(18-27(40)19-34(30)46-14-13-45-33-9-7-6-8-25(33)17-35(45)38(46)49)26-16-32(37(48)43(4)21-26)42-36-11-10-28(20-41-36)47-15-12-44(24-39(47,2)3)29-22-50-23-29;1-20(2)13-25(16-11-28-12-16)6-7-26(20)15-4-5-18(22-9-15)23-17-8-14(21)10-24(3)19(17)27/h10-11,16-21,29H,5-9,12-15,22-24H2,1-4H3,(H,41,42);4-5,8-10,16H,6-7,11-13H2,1-3H3,(H,22,23). The van der Waals surface area contributed by atoms with Crippen LogP contribution in [0.25, 0.3) is 11.1 Å². The van der Waals surface area contributed by atoms with E-state index in [-0.39, 0.29) is 28.1 Å². The summed E-state index contributed by atoms with van der Waals surface area (Å²) in [6.07, 6.45) is 12.1. The first-order valence-corrected chi connectivity index (χ1v) is 28.3. The van der Waals surface area contributed by atoms with Crippen molar-refractivity contribution in [2.24, 2.45) is 14.1 Å². The van der Waals surface area contributed by atoms with Crippen molar-refractivity contribution < 1.29 is 18.7 Å². The van der Waals surface area contributed by atoms with E-state index in [1.165, 1.54) is 32.5 Å². The highest BCUT2D eigenvalue weighted by Gasteiger charge is 2.40. The van der Waals surface area contributed by atoms with E-state index >= 15 is 4.39 Å². The van der Waals surface area contributed by atoms with E-state index in [2.05, 4.69) is 89.5 Å². The fourth-order valence-electron chi connectivity index (χ4n) is 12.4. The Labute approximate surface area is 464 Å². The summed E-state index contributed by atoms with van der Waals surface area (Å²) in [5.74, 6) is 0.687. The number of carbonyl (C=O) groups is 1. The smallest absolute Gasteiger partial charge is 0.274 e. The zero-order valence-electron chi connectivity index (χ0n) is 46.0. The minimum atomic E-state index is -0.425. The molecule has 12 rings (SSSR count). The lowest BCUT2D eigenvalue weighted by Gasteiger charge is -2.51. The van der Waals surface area contributed by atoms with Crippen LogP contribution < -0.4 is 36.5 Å². The van der Waals surface area contributed by atoms with Gasteiger partial charge in [-0.25, -0.2) is 14.4 Å². The average Bonchev–Trinajstić information content (AvgIpc) is 3.99. The molecule has 0 atom stereocenters. The van der Waals surface area contributed by atoms with E-state index in [0.29, 0.717) is 77.1 Å². The predicted octanol–water partition coefficient (Wildman–Crippen LogP) is 8.12. The average molecular weight is 1130 g/mol. The Morgan fingerprint density at radius 2 is 1.26 bits per heavy atom. The van der Waals surface area contributed by atoms with Gasteiger partial charge in [0.15, 0.2) is 0 Å². The number of ether oxygens (including phenoxy) is 2. The number of piperazine rings is 2. The molecule has 1 aromatic carbocycles. The van der Waals surface area contributed by atoms with Gasteiger partial charge >= 0.3 is 0 Å². The van der Waals surface area contributed by atoms with Crippen LogP contribution in [0.1, 0.15) is 74.8 Å². The number of amides is 1. The number of halogens is 2. The highest BCUT2D eigenvalue weighted by molar-refractivity contribution is 9.10. The number of hydrogen-bond acceptors (Lipinski definition) is 13. The van der Waals surface area contributed by atoms with Crippen molar-refractivity contribution in [1.82, 2.24) is 33.5 Å². The molecule has 5 aromatic heterocycles. The summed E-state index contributed by atoms with van der Waals surface area (Å²) in [4.78, 5) is 60.4. The van der Waals surface area contributed by atoms with Crippen molar-refractivity contribution in [2.75, 3.05) is 97.6 Å². The molecular weight excluding hydrogens is 1060 g/mol. The van der Waals surface area contributed by atoms with Crippen LogP contribution >= 0.6 is 15.9 Å². The summed E-state index contributed by atoms with van der Waals surface area (Å²) >= 11 is 3.42. The number of nitrogens with zero attached hydrogens (tertiary/aromatic N) is 10. The number of pyridine rings is 4. The molecule has 1 amide bonds. The normalized spacial score (nSPS) is 19.6. The van der Waals surface area contributed by atoms with Crippen molar-refractivity contribution in [1.29, 1.82) is 0 Å². The number of rotatable bonds is 11. The third kappa shape index (κ3) is 10.6. The number of aryl methyl sites for hydroxylation is 3. The molecule has 6 aromatic rings. The summed E-state index contributed by atoms with van der Waals surface area (Å²) in [7, 11) is 3.42. The van der Waals surface area contributed by atoms with Gasteiger partial charge in [0, 0.05) is 106 Å². The number of aromatic nitrogens is 5. The quantitative estimate of drug-likeness (QED) is 0.129. The van der Waals surface area contributed by atoms with Crippen LogP contribution in [0.3, 0.4) is 0 Å². The lowest BCUT2D eigenvalue weighted by atomic mass is 9.95. The molecule has 4 saturated heterocycles.